The van der Waals surface area contributed by atoms with Gasteiger partial charge in [-0.25, -0.2) is 4.79 Å². The molecule has 92 valence electrons. The van der Waals surface area contributed by atoms with Crippen molar-refractivity contribution in [3.05, 3.63) is 29.3 Å². The molecule has 0 heterocycles. The zero-order valence-electron chi connectivity index (χ0n) is 10.3. The van der Waals surface area contributed by atoms with Gasteiger partial charge in [0.05, 0.1) is 6.54 Å². The quantitative estimate of drug-likeness (QED) is 0.736. The second-order valence-corrected chi connectivity index (χ2v) is 3.80. The van der Waals surface area contributed by atoms with Crippen molar-refractivity contribution in [2.24, 2.45) is 0 Å². The normalized spacial score (nSPS) is 9.59. The van der Waals surface area contributed by atoms with Crippen LogP contribution in [0.15, 0.2) is 18.2 Å². The van der Waals surface area contributed by atoms with Crippen LogP contribution in [0.1, 0.15) is 11.1 Å². The predicted octanol–water partition coefficient (Wildman–Crippen LogP) is 1.17. The molecule has 1 aromatic rings. The Balaban J connectivity index is 2.53. The largest absolute Gasteiger partial charge is 0.376 e. The fourth-order valence-corrected chi connectivity index (χ4v) is 1.34. The Morgan fingerprint density at radius 2 is 1.94 bits per heavy atom. The van der Waals surface area contributed by atoms with E-state index in [1.165, 1.54) is 7.05 Å². The van der Waals surface area contributed by atoms with Gasteiger partial charge in [-0.05, 0) is 31.0 Å². The number of benzene rings is 1. The van der Waals surface area contributed by atoms with Gasteiger partial charge in [-0.3, -0.25) is 10.1 Å². The number of nitrogens with one attached hydrogen (secondary N) is 3. The van der Waals surface area contributed by atoms with Gasteiger partial charge in [-0.1, -0.05) is 12.1 Å². The molecule has 0 fully saturated rings. The van der Waals surface area contributed by atoms with Crippen molar-refractivity contribution >= 4 is 17.6 Å². The average molecular weight is 235 g/mol. The van der Waals surface area contributed by atoms with E-state index in [1.54, 1.807) is 0 Å². The van der Waals surface area contributed by atoms with Gasteiger partial charge in [-0.2, -0.15) is 0 Å². The fraction of sp³-hybridized carbons (Fsp3) is 0.333. The molecule has 0 bridgehead atoms. The van der Waals surface area contributed by atoms with Crippen LogP contribution in [0.2, 0.25) is 0 Å². The molecule has 0 aromatic heterocycles. The van der Waals surface area contributed by atoms with E-state index < -0.39 is 6.03 Å². The van der Waals surface area contributed by atoms with Crippen molar-refractivity contribution < 1.29 is 9.59 Å². The predicted molar refractivity (Wildman–Crippen MR) is 67.0 cm³/mol. The number of carbonyl (C=O) groups is 2. The Labute approximate surface area is 101 Å². The topological polar surface area (TPSA) is 70.2 Å². The van der Waals surface area contributed by atoms with Crippen LogP contribution in [-0.4, -0.2) is 25.5 Å². The Hall–Kier alpha value is -2.04. The minimum atomic E-state index is -0.502. The first-order valence-corrected chi connectivity index (χ1v) is 5.35. The number of anilines is 1. The van der Waals surface area contributed by atoms with Crippen LogP contribution in [0.4, 0.5) is 10.5 Å². The smallest absolute Gasteiger partial charge is 0.321 e. The molecule has 0 atom stereocenters. The SMILES string of the molecule is CNC(=O)NC(=O)CNc1cc(C)ccc1C. The highest BCUT2D eigenvalue weighted by atomic mass is 16.2. The van der Waals surface area contributed by atoms with Gasteiger partial charge in [0.1, 0.15) is 0 Å². The third-order valence-electron chi connectivity index (χ3n) is 2.31. The molecule has 0 aliphatic heterocycles. The summed E-state index contributed by atoms with van der Waals surface area (Å²) >= 11 is 0. The van der Waals surface area contributed by atoms with Gasteiger partial charge < -0.3 is 10.6 Å². The summed E-state index contributed by atoms with van der Waals surface area (Å²) in [5, 5.41) is 7.49. The summed E-state index contributed by atoms with van der Waals surface area (Å²) in [4.78, 5) is 22.2. The van der Waals surface area contributed by atoms with E-state index in [2.05, 4.69) is 16.0 Å². The third-order valence-corrected chi connectivity index (χ3v) is 2.31. The van der Waals surface area contributed by atoms with E-state index in [1.807, 2.05) is 32.0 Å². The summed E-state index contributed by atoms with van der Waals surface area (Å²) < 4.78 is 0. The van der Waals surface area contributed by atoms with Crippen molar-refractivity contribution in [3.63, 3.8) is 0 Å². The molecule has 0 aliphatic rings. The maximum absolute atomic E-state index is 11.3. The standard InChI is InChI=1S/C12H17N3O2/c1-8-4-5-9(2)10(6-8)14-7-11(16)15-12(17)13-3/h4-6,14H,7H2,1-3H3,(H2,13,15,16,17). The first-order valence-electron chi connectivity index (χ1n) is 5.35. The zero-order chi connectivity index (χ0) is 12.8. The lowest BCUT2D eigenvalue weighted by Gasteiger charge is -2.10. The molecular weight excluding hydrogens is 218 g/mol. The van der Waals surface area contributed by atoms with Crippen molar-refractivity contribution in [2.45, 2.75) is 13.8 Å². The summed E-state index contributed by atoms with van der Waals surface area (Å²) in [7, 11) is 1.46. The molecule has 5 nitrogen and oxygen atoms in total. The van der Waals surface area contributed by atoms with Gasteiger partial charge in [0, 0.05) is 12.7 Å². The number of amides is 3. The number of carbonyl (C=O) groups excluding carboxylic acids is 2. The van der Waals surface area contributed by atoms with Gasteiger partial charge in [0.15, 0.2) is 0 Å². The maximum atomic E-state index is 11.3. The number of urea groups is 1. The van der Waals surface area contributed by atoms with Crippen LogP contribution in [-0.2, 0) is 4.79 Å². The van der Waals surface area contributed by atoms with Crippen LogP contribution < -0.4 is 16.0 Å². The second-order valence-electron chi connectivity index (χ2n) is 3.80. The fourth-order valence-electron chi connectivity index (χ4n) is 1.34. The Morgan fingerprint density at radius 3 is 2.59 bits per heavy atom. The van der Waals surface area contributed by atoms with Crippen LogP contribution in [0.3, 0.4) is 0 Å². The Kier molecular flexibility index (Phi) is 4.51. The minimum Gasteiger partial charge on any atom is -0.376 e. The molecule has 0 radical (unpaired) electrons. The summed E-state index contributed by atoms with van der Waals surface area (Å²) in [6.07, 6.45) is 0. The van der Waals surface area contributed by atoms with Crippen LogP contribution in [0.5, 0.6) is 0 Å². The number of rotatable bonds is 3. The van der Waals surface area contributed by atoms with Crippen LogP contribution in [0, 0.1) is 13.8 Å². The molecule has 3 amide bonds. The molecule has 0 aliphatic carbocycles. The highest BCUT2D eigenvalue weighted by molar-refractivity contribution is 5.96. The second kappa shape index (κ2) is 5.89. The number of hydrogen-bond acceptors (Lipinski definition) is 3. The van der Waals surface area contributed by atoms with E-state index in [9.17, 15) is 9.59 Å². The summed E-state index contributed by atoms with van der Waals surface area (Å²) in [5.74, 6) is -0.370. The van der Waals surface area contributed by atoms with E-state index in [4.69, 9.17) is 0 Å². The van der Waals surface area contributed by atoms with Crippen molar-refractivity contribution in [3.8, 4) is 0 Å². The first-order chi connectivity index (χ1) is 8.02. The molecule has 1 aromatic carbocycles. The maximum Gasteiger partial charge on any atom is 0.321 e. The van der Waals surface area contributed by atoms with Gasteiger partial charge >= 0.3 is 6.03 Å². The van der Waals surface area contributed by atoms with Crippen LogP contribution in [0.25, 0.3) is 0 Å². The number of hydrogen-bond donors (Lipinski definition) is 3. The Morgan fingerprint density at radius 1 is 1.24 bits per heavy atom. The van der Waals surface area contributed by atoms with E-state index in [0.717, 1.165) is 16.8 Å². The summed E-state index contributed by atoms with van der Waals surface area (Å²) in [5.41, 5.74) is 3.07. The first kappa shape index (κ1) is 13.0. The molecule has 0 saturated heterocycles. The lowest BCUT2D eigenvalue weighted by Crippen LogP contribution is -2.40. The van der Waals surface area contributed by atoms with E-state index in [-0.39, 0.29) is 12.5 Å². The highest BCUT2D eigenvalue weighted by Crippen LogP contribution is 2.15. The van der Waals surface area contributed by atoms with Gasteiger partial charge in [0.2, 0.25) is 5.91 Å². The highest BCUT2D eigenvalue weighted by Gasteiger charge is 2.06. The van der Waals surface area contributed by atoms with E-state index in [0.29, 0.717) is 0 Å². The van der Waals surface area contributed by atoms with Gasteiger partial charge in [0.25, 0.3) is 0 Å². The molecule has 0 saturated carbocycles. The monoisotopic (exact) mass is 235 g/mol. The zero-order valence-corrected chi connectivity index (χ0v) is 10.3. The molecule has 5 heteroatoms. The van der Waals surface area contributed by atoms with Gasteiger partial charge in [-0.15, -0.1) is 0 Å². The number of aryl methyl sites for hydroxylation is 2. The third kappa shape index (κ3) is 4.14. The Bertz CT molecular complexity index is 430. The van der Waals surface area contributed by atoms with Crippen molar-refractivity contribution in [1.82, 2.24) is 10.6 Å². The van der Waals surface area contributed by atoms with Crippen LogP contribution >= 0.6 is 0 Å². The van der Waals surface area contributed by atoms with Crippen molar-refractivity contribution in [1.29, 1.82) is 0 Å². The molecule has 3 N–H and O–H groups in total. The molecule has 0 unspecified atom stereocenters. The summed E-state index contributed by atoms with van der Waals surface area (Å²) in [6, 6.07) is 5.44. The average Bonchev–Trinajstić information content (AvgIpc) is 2.30. The molecular formula is C12H17N3O2. The number of imide groups is 1. The minimum absolute atomic E-state index is 0.0672. The van der Waals surface area contributed by atoms with Crippen molar-refractivity contribution in [2.75, 3.05) is 18.9 Å². The lowest BCUT2D eigenvalue weighted by molar-refractivity contribution is -0.118. The molecule has 0 spiro atoms. The summed E-state index contributed by atoms with van der Waals surface area (Å²) in [6.45, 7) is 4.01. The van der Waals surface area contributed by atoms with E-state index >= 15 is 0 Å². The lowest BCUT2D eigenvalue weighted by atomic mass is 10.1. The molecule has 1 rings (SSSR count). The molecule has 17 heavy (non-hydrogen) atoms.